The van der Waals surface area contributed by atoms with Crippen molar-refractivity contribution in [2.75, 3.05) is 5.32 Å². The van der Waals surface area contributed by atoms with Crippen LogP contribution in [0.4, 0.5) is 18.9 Å². The first kappa shape index (κ1) is 12.6. The number of anilines is 1. The number of carbonyl (C=O) groups excluding carboxylic acids is 1. The van der Waals surface area contributed by atoms with Crippen molar-refractivity contribution >= 4 is 22.9 Å². The van der Waals surface area contributed by atoms with E-state index >= 15 is 0 Å². The van der Waals surface area contributed by atoms with E-state index < -0.39 is 17.8 Å². The molecular formula is C9H7F3N4OS. The maximum atomic E-state index is 12.7. The van der Waals surface area contributed by atoms with Gasteiger partial charge in [0.1, 0.15) is 5.69 Å². The molecule has 0 bridgehead atoms. The van der Waals surface area contributed by atoms with Crippen molar-refractivity contribution in [2.24, 2.45) is 7.05 Å². The van der Waals surface area contributed by atoms with E-state index in [4.69, 9.17) is 0 Å². The highest BCUT2D eigenvalue weighted by Crippen LogP contribution is 2.34. The van der Waals surface area contributed by atoms with Crippen molar-refractivity contribution in [1.82, 2.24) is 14.8 Å². The van der Waals surface area contributed by atoms with Gasteiger partial charge in [-0.3, -0.25) is 9.48 Å². The van der Waals surface area contributed by atoms with Crippen LogP contribution in [0.25, 0.3) is 0 Å². The van der Waals surface area contributed by atoms with Crippen molar-refractivity contribution < 1.29 is 18.0 Å². The highest BCUT2D eigenvalue weighted by Gasteiger charge is 2.38. The molecule has 0 unspecified atom stereocenters. The second kappa shape index (κ2) is 4.41. The van der Waals surface area contributed by atoms with Gasteiger partial charge in [-0.1, -0.05) is 0 Å². The fourth-order valence-corrected chi connectivity index (χ4v) is 1.91. The van der Waals surface area contributed by atoms with Gasteiger partial charge in [-0.05, 0) is 0 Å². The van der Waals surface area contributed by atoms with Crippen LogP contribution in [-0.4, -0.2) is 20.7 Å². The van der Waals surface area contributed by atoms with Gasteiger partial charge in [-0.2, -0.15) is 18.3 Å². The third-order valence-corrected chi connectivity index (χ3v) is 2.71. The molecule has 0 spiro atoms. The summed E-state index contributed by atoms with van der Waals surface area (Å²) in [5, 5.41) is 7.07. The van der Waals surface area contributed by atoms with Gasteiger partial charge in [0.15, 0.2) is 5.69 Å². The lowest BCUT2D eigenvalue weighted by Gasteiger charge is -2.09. The monoisotopic (exact) mass is 276 g/mol. The molecule has 18 heavy (non-hydrogen) atoms. The first-order valence-electron chi connectivity index (χ1n) is 4.68. The normalized spacial score (nSPS) is 11.6. The average Bonchev–Trinajstić information content (AvgIpc) is 2.86. The maximum Gasteiger partial charge on any atom is 0.435 e. The van der Waals surface area contributed by atoms with Gasteiger partial charge in [0.05, 0.1) is 17.4 Å². The molecular weight excluding hydrogens is 269 g/mol. The van der Waals surface area contributed by atoms with Gasteiger partial charge >= 0.3 is 6.18 Å². The summed E-state index contributed by atoms with van der Waals surface area (Å²) in [5.41, 5.74) is 0.0917. The quantitative estimate of drug-likeness (QED) is 0.914. The summed E-state index contributed by atoms with van der Waals surface area (Å²) in [5.74, 6) is -0.699. The Morgan fingerprint density at radius 3 is 2.78 bits per heavy atom. The second-order valence-corrected chi connectivity index (χ2v) is 4.07. The van der Waals surface area contributed by atoms with E-state index in [2.05, 4.69) is 15.4 Å². The topological polar surface area (TPSA) is 59.8 Å². The van der Waals surface area contributed by atoms with Crippen molar-refractivity contribution in [3.63, 3.8) is 0 Å². The molecule has 2 aromatic rings. The van der Waals surface area contributed by atoms with Crippen LogP contribution in [0, 0.1) is 0 Å². The number of nitrogens with zero attached hydrogens (tertiary/aromatic N) is 3. The highest BCUT2D eigenvalue weighted by molar-refractivity contribution is 7.07. The van der Waals surface area contributed by atoms with E-state index in [1.54, 1.807) is 0 Å². The molecule has 0 saturated carbocycles. The zero-order valence-corrected chi connectivity index (χ0v) is 9.84. The third kappa shape index (κ3) is 2.35. The summed E-state index contributed by atoms with van der Waals surface area (Å²) in [7, 11) is 1.15. The Morgan fingerprint density at radius 2 is 2.22 bits per heavy atom. The maximum absolute atomic E-state index is 12.7. The van der Waals surface area contributed by atoms with Crippen LogP contribution in [0.5, 0.6) is 0 Å². The lowest BCUT2D eigenvalue weighted by atomic mass is 10.3. The van der Waals surface area contributed by atoms with Crippen LogP contribution in [-0.2, 0) is 13.2 Å². The van der Waals surface area contributed by atoms with E-state index in [0.717, 1.165) is 13.2 Å². The molecule has 1 N–H and O–H groups in total. The molecule has 2 aromatic heterocycles. The predicted molar refractivity (Wildman–Crippen MR) is 58.3 cm³/mol. The first-order chi connectivity index (χ1) is 8.39. The van der Waals surface area contributed by atoms with Crippen LogP contribution in [0.1, 0.15) is 16.2 Å². The molecule has 5 nitrogen and oxygen atoms in total. The predicted octanol–water partition coefficient (Wildman–Crippen LogP) is 2.15. The Balaban J connectivity index is 2.28. The van der Waals surface area contributed by atoms with Crippen molar-refractivity contribution in [3.05, 3.63) is 28.5 Å². The number of aryl methyl sites for hydroxylation is 1. The van der Waals surface area contributed by atoms with Gasteiger partial charge in [-0.15, -0.1) is 11.3 Å². The van der Waals surface area contributed by atoms with Crippen molar-refractivity contribution in [2.45, 2.75) is 6.18 Å². The van der Waals surface area contributed by atoms with Gasteiger partial charge in [-0.25, -0.2) is 4.98 Å². The van der Waals surface area contributed by atoms with Gasteiger partial charge in [0.2, 0.25) is 0 Å². The molecule has 2 heterocycles. The molecule has 0 saturated heterocycles. The minimum Gasteiger partial charge on any atom is -0.317 e. The molecule has 0 radical (unpaired) electrons. The van der Waals surface area contributed by atoms with Gasteiger partial charge in [0, 0.05) is 12.4 Å². The lowest BCUT2D eigenvalue weighted by Crippen LogP contribution is -2.18. The van der Waals surface area contributed by atoms with Crippen molar-refractivity contribution in [1.29, 1.82) is 0 Å². The molecule has 0 aromatic carbocycles. The number of alkyl halides is 3. The number of nitrogens with one attached hydrogen (secondary N) is 1. The number of halogens is 3. The fourth-order valence-electron chi connectivity index (χ4n) is 1.38. The minimum atomic E-state index is -4.59. The SMILES string of the molecule is Cn1ncc(NC(=O)c2cscn2)c1C(F)(F)F. The van der Waals surface area contributed by atoms with Gasteiger partial charge in [0.25, 0.3) is 5.91 Å². The van der Waals surface area contributed by atoms with Crippen LogP contribution in [0.2, 0.25) is 0 Å². The highest BCUT2D eigenvalue weighted by atomic mass is 32.1. The zero-order chi connectivity index (χ0) is 13.3. The Hall–Kier alpha value is -1.90. The standard InChI is InChI=1S/C9H7F3N4OS/c1-16-7(9(10,11)12)5(2-14-16)15-8(17)6-3-18-4-13-6/h2-4H,1H3,(H,15,17). The molecule has 96 valence electrons. The molecule has 0 atom stereocenters. The molecule has 2 rings (SSSR count). The van der Waals surface area contributed by atoms with E-state index in [9.17, 15) is 18.0 Å². The van der Waals surface area contributed by atoms with E-state index in [1.165, 1.54) is 22.2 Å². The van der Waals surface area contributed by atoms with Crippen LogP contribution < -0.4 is 5.32 Å². The Kier molecular flexibility index (Phi) is 3.07. The third-order valence-electron chi connectivity index (χ3n) is 2.12. The zero-order valence-electron chi connectivity index (χ0n) is 9.02. The van der Waals surface area contributed by atoms with Gasteiger partial charge < -0.3 is 5.32 Å². The summed E-state index contributed by atoms with van der Waals surface area (Å²) in [6.07, 6.45) is -3.64. The number of aromatic nitrogens is 3. The van der Waals surface area contributed by atoms with Crippen LogP contribution in [0.3, 0.4) is 0 Å². The average molecular weight is 276 g/mol. The lowest BCUT2D eigenvalue weighted by molar-refractivity contribution is -0.143. The summed E-state index contributed by atoms with van der Waals surface area (Å²) in [6, 6.07) is 0. The Labute approximate surface area is 103 Å². The summed E-state index contributed by atoms with van der Waals surface area (Å²) >= 11 is 1.18. The molecule has 9 heteroatoms. The smallest absolute Gasteiger partial charge is 0.317 e. The van der Waals surface area contributed by atoms with Crippen molar-refractivity contribution in [3.8, 4) is 0 Å². The fraction of sp³-hybridized carbons (Fsp3) is 0.222. The van der Waals surface area contributed by atoms with Crippen LogP contribution in [0.15, 0.2) is 17.1 Å². The molecule has 0 aliphatic rings. The summed E-state index contributed by atoms with van der Waals surface area (Å²) in [6.45, 7) is 0. The van der Waals surface area contributed by atoms with E-state index in [0.29, 0.717) is 4.68 Å². The number of hydrogen-bond acceptors (Lipinski definition) is 4. The Bertz CT molecular complexity index is 561. The number of amides is 1. The minimum absolute atomic E-state index is 0.0666. The number of carbonyl (C=O) groups is 1. The van der Waals surface area contributed by atoms with E-state index in [1.807, 2.05) is 0 Å². The molecule has 0 aliphatic carbocycles. The number of rotatable bonds is 2. The van der Waals surface area contributed by atoms with Crippen LogP contribution >= 0.6 is 11.3 Å². The second-order valence-electron chi connectivity index (χ2n) is 3.36. The number of hydrogen-bond donors (Lipinski definition) is 1. The number of thiazole rings is 1. The molecule has 0 fully saturated rings. The van der Waals surface area contributed by atoms with E-state index in [-0.39, 0.29) is 11.4 Å². The molecule has 1 amide bonds. The summed E-state index contributed by atoms with van der Waals surface area (Å²) < 4.78 is 38.8. The Morgan fingerprint density at radius 1 is 1.50 bits per heavy atom. The molecule has 0 aliphatic heterocycles. The largest absolute Gasteiger partial charge is 0.435 e. The first-order valence-corrected chi connectivity index (χ1v) is 5.62. The summed E-state index contributed by atoms with van der Waals surface area (Å²) in [4.78, 5) is 15.3.